The molecule has 6 nitrogen and oxygen atoms in total. The molecule has 1 fully saturated rings. The number of hydrogen-bond donors (Lipinski definition) is 1. The van der Waals surface area contributed by atoms with Gasteiger partial charge >= 0.3 is 5.97 Å². The van der Waals surface area contributed by atoms with E-state index < -0.39 is 17.3 Å². The molecule has 0 spiro atoms. The van der Waals surface area contributed by atoms with Crippen LogP contribution in [0.15, 0.2) is 30.7 Å². The van der Waals surface area contributed by atoms with Crippen LogP contribution in [-0.4, -0.2) is 28.0 Å². The largest absolute Gasteiger partial charge is 0.465 e. The number of aromatic nitrogens is 3. The van der Waals surface area contributed by atoms with Crippen LogP contribution < -0.4 is 5.32 Å². The first-order valence-corrected chi connectivity index (χ1v) is 6.44. The zero-order valence-corrected chi connectivity index (χ0v) is 11.3. The van der Waals surface area contributed by atoms with Gasteiger partial charge in [0.25, 0.3) is 0 Å². The zero-order chi connectivity index (χ0) is 14.9. The van der Waals surface area contributed by atoms with Crippen molar-refractivity contribution >= 4 is 11.8 Å². The number of hydrogen-bond acceptors (Lipinski definition) is 6. The number of carbonyl (C=O) groups is 1. The first kappa shape index (κ1) is 13.4. The second-order valence-electron chi connectivity index (χ2n) is 4.83. The van der Waals surface area contributed by atoms with Crippen molar-refractivity contribution in [1.82, 2.24) is 15.0 Å². The first-order chi connectivity index (χ1) is 10.1. The summed E-state index contributed by atoms with van der Waals surface area (Å²) in [5, 5.41) is 3.03. The van der Waals surface area contributed by atoms with Gasteiger partial charge in [-0.15, -0.1) is 0 Å². The van der Waals surface area contributed by atoms with Crippen LogP contribution in [0.25, 0.3) is 0 Å². The van der Waals surface area contributed by atoms with E-state index in [0.29, 0.717) is 5.82 Å². The van der Waals surface area contributed by atoms with Crippen molar-refractivity contribution in [3.05, 3.63) is 47.9 Å². The van der Waals surface area contributed by atoms with E-state index in [1.54, 1.807) is 18.5 Å². The van der Waals surface area contributed by atoms with Gasteiger partial charge in [0.2, 0.25) is 0 Å². The monoisotopic (exact) mass is 288 g/mol. The van der Waals surface area contributed by atoms with E-state index in [2.05, 4.69) is 25.0 Å². The van der Waals surface area contributed by atoms with Gasteiger partial charge in [-0.3, -0.25) is 0 Å². The van der Waals surface area contributed by atoms with E-state index in [9.17, 15) is 9.18 Å². The van der Waals surface area contributed by atoms with Gasteiger partial charge in [-0.25, -0.2) is 24.1 Å². The lowest BCUT2D eigenvalue weighted by molar-refractivity contribution is 0.0599. The molecule has 108 valence electrons. The van der Waals surface area contributed by atoms with Gasteiger partial charge in [-0.05, 0) is 25.0 Å². The summed E-state index contributed by atoms with van der Waals surface area (Å²) in [7, 11) is 1.23. The van der Waals surface area contributed by atoms with Crippen LogP contribution in [0, 0.1) is 5.82 Å². The Labute approximate surface area is 120 Å². The van der Waals surface area contributed by atoms with Gasteiger partial charge in [0, 0.05) is 18.6 Å². The summed E-state index contributed by atoms with van der Waals surface area (Å²) in [6.45, 7) is 0. The Morgan fingerprint density at radius 3 is 2.62 bits per heavy atom. The third kappa shape index (κ3) is 2.54. The van der Waals surface area contributed by atoms with Crippen molar-refractivity contribution in [2.45, 2.75) is 18.4 Å². The fourth-order valence-electron chi connectivity index (χ4n) is 2.06. The lowest BCUT2D eigenvalue weighted by Gasteiger charge is -2.16. The maximum Gasteiger partial charge on any atom is 0.339 e. The Morgan fingerprint density at radius 2 is 2.05 bits per heavy atom. The minimum Gasteiger partial charge on any atom is -0.465 e. The molecule has 1 N–H and O–H groups in total. The number of rotatable bonds is 4. The molecule has 0 bridgehead atoms. The molecular formula is C14H13FN4O2. The van der Waals surface area contributed by atoms with Crippen LogP contribution in [0.5, 0.6) is 0 Å². The molecule has 0 atom stereocenters. The average molecular weight is 288 g/mol. The molecule has 3 rings (SSSR count). The Bertz CT molecular complexity index is 674. The number of esters is 1. The predicted octanol–water partition coefficient (Wildman–Crippen LogP) is 1.90. The molecular weight excluding hydrogens is 275 g/mol. The van der Waals surface area contributed by atoms with Crippen molar-refractivity contribution in [1.29, 1.82) is 0 Å². The molecule has 2 aromatic rings. The molecule has 0 amide bonds. The molecule has 0 saturated heterocycles. The molecule has 1 aliphatic rings. The second kappa shape index (κ2) is 5.08. The number of nitrogens with one attached hydrogen (secondary N) is 1. The molecule has 2 aromatic heterocycles. The predicted molar refractivity (Wildman–Crippen MR) is 72.1 cm³/mol. The summed E-state index contributed by atoms with van der Waals surface area (Å²) in [6.07, 6.45) is 6.18. The van der Waals surface area contributed by atoms with Crippen LogP contribution in [0.1, 0.15) is 29.0 Å². The van der Waals surface area contributed by atoms with Crippen LogP contribution in [-0.2, 0) is 10.3 Å². The highest BCUT2D eigenvalue weighted by Gasteiger charge is 2.47. The van der Waals surface area contributed by atoms with Crippen LogP contribution in [0.4, 0.5) is 10.2 Å². The lowest BCUT2D eigenvalue weighted by Crippen LogP contribution is -2.23. The molecule has 21 heavy (non-hydrogen) atoms. The third-order valence-electron chi connectivity index (χ3n) is 3.36. The van der Waals surface area contributed by atoms with Crippen LogP contribution >= 0.6 is 0 Å². The van der Waals surface area contributed by atoms with Crippen LogP contribution in [0.3, 0.4) is 0 Å². The molecule has 2 heterocycles. The van der Waals surface area contributed by atoms with Crippen molar-refractivity contribution in [2.24, 2.45) is 0 Å². The summed E-state index contributed by atoms with van der Waals surface area (Å²) in [6, 6.07) is 2.83. The van der Waals surface area contributed by atoms with Gasteiger partial charge in [0.15, 0.2) is 17.5 Å². The third-order valence-corrected chi connectivity index (χ3v) is 3.36. The van der Waals surface area contributed by atoms with Gasteiger partial charge in [0.1, 0.15) is 0 Å². The highest BCUT2D eigenvalue weighted by Crippen LogP contribution is 2.46. The SMILES string of the molecule is COC(=O)c1cnc(NC2(c3ncccn3)CC2)c(F)c1. The Kier molecular flexibility index (Phi) is 3.25. The van der Waals surface area contributed by atoms with Crippen molar-refractivity contribution in [2.75, 3.05) is 12.4 Å². The Balaban J connectivity index is 1.84. The topological polar surface area (TPSA) is 77.0 Å². The van der Waals surface area contributed by atoms with Gasteiger partial charge in [0.05, 0.1) is 18.2 Å². The van der Waals surface area contributed by atoms with Gasteiger partial charge in [-0.2, -0.15) is 0 Å². The highest BCUT2D eigenvalue weighted by molar-refractivity contribution is 5.89. The van der Waals surface area contributed by atoms with E-state index in [0.717, 1.165) is 18.9 Å². The molecule has 0 unspecified atom stereocenters. The number of anilines is 1. The average Bonchev–Trinajstić information content (AvgIpc) is 3.30. The van der Waals surface area contributed by atoms with E-state index in [1.807, 2.05) is 0 Å². The fraction of sp³-hybridized carbons (Fsp3) is 0.286. The molecule has 7 heteroatoms. The fourth-order valence-corrected chi connectivity index (χ4v) is 2.06. The van der Waals surface area contributed by atoms with Crippen molar-refractivity contribution in [3.8, 4) is 0 Å². The quantitative estimate of drug-likeness (QED) is 0.866. The summed E-state index contributed by atoms with van der Waals surface area (Å²) >= 11 is 0. The van der Waals surface area contributed by atoms with E-state index >= 15 is 0 Å². The number of carbonyl (C=O) groups excluding carboxylic acids is 1. The maximum absolute atomic E-state index is 14.0. The van der Waals surface area contributed by atoms with E-state index in [4.69, 9.17) is 0 Å². The highest BCUT2D eigenvalue weighted by atomic mass is 19.1. The molecule has 1 saturated carbocycles. The minimum absolute atomic E-state index is 0.0707. The smallest absolute Gasteiger partial charge is 0.339 e. The molecule has 0 aliphatic heterocycles. The molecule has 0 radical (unpaired) electrons. The van der Waals surface area contributed by atoms with E-state index in [-0.39, 0.29) is 11.4 Å². The second-order valence-corrected chi connectivity index (χ2v) is 4.83. The van der Waals surface area contributed by atoms with Gasteiger partial charge < -0.3 is 10.1 Å². The number of nitrogens with zero attached hydrogens (tertiary/aromatic N) is 3. The lowest BCUT2D eigenvalue weighted by atomic mass is 10.2. The van der Waals surface area contributed by atoms with Crippen molar-refractivity contribution in [3.63, 3.8) is 0 Å². The Morgan fingerprint density at radius 1 is 1.33 bits per heavy atom. The zero-order valence-electron chi connectivity index (χ0n) is 11.3. The number of pyridine rings is 1. The number of halogens is 1. The van der Waals surface area contributed by atoms with Gasteiger partial charge in [-0.1, -0.05) is 0 Å². The van der Waals surface area contributed by atoms with Crippen LogP contribution in [0.2, 0.25) is 0 Å². The van der Waals surface area contributed by atoms with Crippen molar-refractivity contribution < 1.29 is 13.9 Å². The normalized spacial score (nSPS) is 15.3. The summed E-state index contributed by atoms with van der Waals surface area (Å²) < 4.78 is 18.6. The minimum atomic E-state index is -0.625. The summed E-state index contributed by atoms with van der Waals surface area (Å²) in [5.74, 6) is -0.545. The standard InChI is InChI=1S/C14H13FN4O2/c1-21-12(20)9-7-10(15)11(18-8-9)19-14(3-4-14)13-16-5-2-6-17-13/h2,5-8H,3-4H2,1H3,(H,18,19). The molecule has 0 aromatic carbocycles. The van der Waals surface area contributed by atoms with E-state index in [1.165, 1.54) is 13.3 Å². The summed E-state index contributed by atoms with van der Waals surface area (Å²) in [4.78, 5) is 23.7. The number of ether oxygens (including phenoxy) is 1. The first-order valence-electron chi connectivity index (χ1n) is 6.44. The molecule has 1 aliphatic carbocycles. The Hall–Kier alpha value is -2.57. The maximum atomic E-state index is 14.0. The number of methoxy groups -OCH3 is 1. The summed E-state index contributed by atoms with van der Waals surface area (Å²) in [5.41, 5.74) is -0.400.